The summed E-state index contributed by atoms with van der Waals surface area (Å²) in [5.74, 6) is -0.441. The van der Waals surface area contributed by atoms with Gasteiger partial charge in [0, 0.05) is 28.9 Å². The van der Waals surface area contributed by atoms with Crippen molar-refractivity contribution in [2.24, 2.45) is 0 Å². The van der Waals surface area contributed by atoms with E-state index in [1.807, 2.05) is 0 Å². The number of esters is 3. The second-order valence-electron chi connectivity index (χ2n) is 11.4. The standard InChI is InChI=1S/C19H20ClNO5.C17H18ClNO4/c1-19(2,26-16-8-6-15(20)7-9-16)18(23)25-12-4-11-24-17(22)14-5-3-10-21-13-14;1-17(2,23-15-8-6-12(18)7-9-15)16(21)22-11-14-5-3-4-13(10-20)19-14/h3,5-10,13H,4,11-12H2,1-2H3;3-9,20H,10-11H2,1-2H3. The van der Waals surface area contributed by atoms with Crippen molar-refractivity contribution in [3.8, 4) is 11.5 Å². The van der Waals surface area contributed by atoms with Crippen LogP contribution in [-0.2, 0) is 37.0 Å². The van der Waals surface area contributed by atoms with Gasteiger partial charge in [0.2, 0.25) is 0 Å². The summed E-state index contributed by atoms with van der Waals surface area (Å²) < 4.78 is 26.8. The van der Waals surface area contributed by atoms with Gasteiger partial charge in [-0.3, -0.25) is 9.97 Å². The Kier molecular flexibility index (Phi) is 14.8. The van der Waals surface area contributed by atoms with Gasteiger partial charge in [0.1, 0.15) is 18.1 Å². The van der Waals surface area contributed by atoms with Gasteiger partial charge in [-0.15, -0.1) is 0 Å². The maximum Gasteiger partial charge on any atom is 0.350 e. The van der Waals surface area contributed by atoms with E-state index < -0.39 is 29.1 Å². The molecule has 4 rings (SSSR count). The van der Waals surface area contributed by atoms with E-state index in [1.165, 1.54) is 6.20 Å². The topological polar surface area (TPSA) is 143 Å². The first kappa shape index (κ1) is 38.7. The van der Waals surface area contributed by atoms with Crippen LogP contribution >= 0.6 is 23.2 Å². The third-order valence-corrected chi connectivity index (χ3v) is 6.89. The quantitative estimate of drug-likeness (QED) is 0.0836. The Hall–Kier alpha value is -4.71. The normalized spacial score (nSPS) is 11.0. The van der Waals surface area contributed by atoms with Crippen molar-refractivity contribution in [1.29, 1.82) is 0 Å². The average molecular weight is 714 g/mol. The first-order valence-corrected chi connectivity index (χ1v) is 15.9. The number of nitrogens with zero attached hydrogens (tertiary/aromatic N) is 2. The Labute approximate surface area is 295 Å². The molecule has 0 radical (unpaired) electrons. The molecule has 1 N–H and O–H groups in total. The molecule has 0 spiro atoms. The van der Waals surface area contributed by atoms with Crippen molar-refractivity contribution in [3.63, 3.8) is 0 Å². The molecule has 0 unspecified atom stereocenters. The molecule has 13 heteroatoms. The molecule has 0 saturated carbocycles. The van der Waals surface area contributed by atoms with Crippen LogP contribution in [0.5, 0.6) is 11.5 Å². The minimum Gasteiger partial charge on any atom is -0.476 e. The molecule has 0 aliphatic rings. The van der Waals surface area contributed by atoms with E-state index in [4.69, 9.17) is 52.0 Å². The number of aromatic nitrogens is 2. The molecule has 0 aliphatic heterocycles. The molecule has 260 valence electrons. The fourth-order valence-corrected chi connectivity index (χ4v) is 4.07. The molecular weight excluding hydrogens is 675 g/mol. The highest BCUT2D eigenvalue weighted by Crippen LogP contribution is 2.23. The predicted molar refractivity (Wildman–Crippen MR) is 182 cm³/mol. The lowest BCUT2D eigenvalue weighted by atomic mass is 10.1. The summed E-state index contributed by atoms with van der Waals surface area (Å²) >= 11 is 11.6. The molecule has 0 aliphatic carbocycles. The van der Waals surface area contributed by atoms with E-state index in [0.29, 0.717) is 44.9 Å². The number of aliphatic hydroxyl groups excluding tert-OH is 1. The summed E-state index contributed by atoms with van der Waals surface area (Å²) in [5.41, 5.74) is -0.841. The summed E-state index contributed by atoms with van der Waals surface area (Å²) in [6.07, 6.45) is 3.39. The number of benzene rings is 2. The molecule has 49 heavy (non-hydrogen) atoms. The largest absolute Gasteiger partial charge is 0.476 e. The molecule has 4 aromatic rings. The second kappa shape index (κ2) is 18.7. The molecule has 2 aromatic carbocycles. The number of hydrogen-bond donors (Lipinski definition) is 1. The van der Waals surface area contributed by atoms with Crippen LogP contribution in [0.2, 0.25) is 10.0 Å². The van der Waals surface area contributed by atoms with Crippen LogP contribution in [-0.4, -0.2) is 57.4 Å². The average Bonchev–Trinajstić information content (AvgIpc) is 3.09. The molecule has 0 fully saturated rings. The van der Waals surface area contributed by atoms with Crippen LogP contribution in [0.3, 0.4) is 0 Å². The number of carbonyl (C=O) groups is 3. The van der Waals surface area contributed by atoms with E-state index in [0.717, 1.165) is 0 Å². The van der Waals surface area contributed by atoms with Gasteiger partial charge in [-0.05, 0) is 100 Å². The van der Waals surface area contributed by atoms with Crippen LogP contribution in [0.25, 0.3) is 0 Å². The smallest absolute Gasteiger partial charge is 0.350 e. The minimum atomic E-state index is -1.15. The van der Waals surface area contributed by atoms with Gasteiger partial charge in [0.25, 0.3) is 0 Å². The molecule has 0 amide bonds. The van der Waals surface area contributed by atoms with Crippen molar-refractivity contribution >= 4 is 41.1 Å². The molecule has 11 nitrogen and oxygen atoms in total. The van der Waals surface area contributed by atoms with E-state index in [1.54, 1.807) is 113 Å². The molecule has 0 bridgehead atoms. The Bertz CT molecular complexity index is 1650. The fraction of sp³-hybridized carbons (Fsp3) is 0.306. The summed E-state index contributed by atoms with van der Waals surface area (Å²) in [6, 6.07) is 21.9. The zero-order valence-electron chi connectivity index (χ0n) is 27.6. The lowest BCUT2D eigenvalue weighted by molar-refractivity contribution is -0.161. The summed E-state index contributed by atoms with van der Waals surface area (Å²) in [6.45, 7) is 6.60. The maximum absolute atomic E-state index is 12.2. The Morgan fingerprint density at radius 1 is 0.694 bits per heavy atom. The van der Waals surface area contributed by atoms with Crippen LogP contribution in [0.4, 0.5) is 0 Å². The summed E-state index contributed by atoms with van der Waals surface area (Å²) in [5, 5.41) is 10.2. The predicted octanol–water partition coefficient (Wildman–Crippen LogP) is 6.81. The van der Waals surface area contributed by atoms with E-state index in [9.17, 15) is 14.4 Å². The lowest BCUT2D eigenvalue weighted by Gasteiger charge is -2.24. The van der Waals surface area contributed by atoms with E-state index in [-0.39, 0.29) is 26.4 Å². The summed E-state index contributed by atoms with van der Waals surface area (Å²) in [4.78, 5) is 44.1. The highest BCUT2D eigenvalue weighted by Gasteiger charge is 2.33. The number of ether oxygens (including phenoxy) is 5. The number of pyridine rings is 2. The Morgan fingerprint density at radius 2 is 1.22 bits per heavy atom. The van der Waals surface area contributed by atoms with Crippen LogP contribution < -0.4 is 9.47 Å². The molecule has 0 atom stereocenters. The van der Waals surface area contributed by atoms with E-state index in [2.05, 4.69) is 9.97 Å². The third kappa shape index (κ3) is 13.4. The fourth-order valence-electron chi connectivity index (χ4n) is 3.82. The van der Waals surface area contributed by atoms with Gasteiger partial charge < -0.3 is 28.8 Å². The molecule has 0 saturated heterocycles. The lowest BCUT2D eigenvalue weighted by Crippen LogP contribution is -2.40. The Balaban J connectivity index is 0.000000267. The van der Waals surface area contributed by atoms with Crippen molar-refractivity contribution in [2.75, 3.05) is 13.2 Å². The van der Waals surface area contributed by atoms with Crippen molar-refractivity contribution in [2.45, 2.75) is 58.5 Å². The monoisotopic (exact) mass is 712 g/mol. The van der Waals surface area contributed by atoms with Gasteiger partial charge >= 0.3 is 17.9 Å². The van der Waals surface area contributed by atoms with Crippen LogP contribution in [0.1, 0.15) is 55.9 Å². The van der Waals surface area contributed by atoms with Crippen LogP contribution in [0, 0.1) is 0 Å². The van der Waals surface area contributed by atoms with Gasteiger partial charge in [0.05, 0.1) is 36.8 Å². The molecule has 2 heterocycles. The Morgan fingerprint density at radius 3 is 1.76 bits per heavy atom. The minimum absolute atomic E-state index is 0.0140. The van der Waals surface area contributed by atoms with E-state index >= 15 is 0 Å². The van der Waals surface area contributed by atoms with Gasteiger partial charge in [-0.2, -0.15) is 0 Å². The number of halogens is 2. The van der Waals surface area contributed by atoms with Gasteiger partial charge in [0.15, 0.2) is 11.2 Å². The number of rotatable bonds is 14. The second-order valence-corrected chi connectivity index (χ2v) is 12.2. The maximum atomic E-state index is 12.2. The molecular formula is C36H38Cl2N2O9. The zero-order chi connectivity index (χ0) is 35.9. The highest BCUT2D eigenvalue weighted by molar-refractivity contribution is 6.30. The van der Waals surface area contributed by atoms with Gasteiger partial charge in [-0.1, -0.05) is 29.3 Å². The molecule has 2 aromatic heterocycles. The third-order valence-electron chi connectivity index (χ3n) is 6.39. The van der Waals surface area contributed by atoms with Crippen LogP contribution in [0.15, 0.2) is 91.3 Å². The van der Waals surface area contributed by atoms with Crippen molar-refractivity contribution < 1.29 is 43.2 Å². The van der Waals surface area contributed by atoms with Gasteiger partial charge in [-0.25, -0.2) is 14.4 Å². The number of carbonyl (C=O) groups excluding carboxylic acids is 3. The SMILES string of the molecule is CC(C)(Oc1ccc(Cl)cc1)C(=O)OCCCOC(=O)c1cccnc1.CC(C)(Oc1ccc(Cl)cc1)C(=O)OCc1cccc(CO)n1. The first-order chi connectivity index (χ1) is 23.3. The first-order valence-electron chi connectivity index (χ1n) is 15.2. The van der Waals surface area contributed by atoms with Crippen molar-refractivity contribution in [1.82, 2.24) is 9.97 Å². The van der Waals surface area contributed by atoms with Crippen molar-refractivity contribution in [3.05, 3.63) is 118 Å². The highest BCUT2D eigenvalue weighted by atomic mass is 35.5. The summed E-state index contributed by atoms with van der Waals surface area (Å²) in [7, 11) is 0. The number of aliphatic hydroxyl groups is 1. The zero-order valence-corrected chi connectivity index (χ0v) is 29.1. The number of hydrogen-bond acceptors (Lipinski definition) is 11.